The molecule has 48 valence electrons. The maximum Gasteiger partial charge on any atom is 0.267 e. The summed E-state index contributed by atoms with van der Waals surface area (Å²) in [5, 5.41) is 0. The van der Waals surface area contributed by atoms with Crippen molar-refractivity contribution in [1.29, 1.82) is 0 Å². The van der Waals surface area contributed by atoms with Crippen LogP contribution in [0.1, 0.15) is 6.92 Å². The van der Waals surface area contributed by atoms with Crippen LogP contribution in [0.5, 0.6) is 0 Å². The van der Waals surface area contributed by atoms with Crippen molar-refractivity contribution in [3.8, 4) is 0 Å². The van der Waals surface area contributed by atoms with Gasteiger partial charge in [0.2, 0.25) is 0 Å². The smallest absolute Gasteiger partial charge is 0.267 e. The van der Waals surface area contributed by atoms with Gasteiger partial charge in [0.05, 0.1) is 6.61 Å². The Morgan fingerprint density at radius 1 is 1.62 bits per heavy atom. The van der Waals surface area contributed by atoms with Crippen LogP contribution in [0, 0.1) is 0 Å². The third kappa shape index (κ3) is 2.79. The number of rotatable bonds is 2. The number of ether oxygens (including phenoxy) is 1. The molecule has 0 radical (unpaired) electrons. The lowest BCUT2D eigenvalue weighted by Gasteiger charge is -2.00. The molecule has 0 rings (SSSR count). The Bertz CT molecular complexity index is 80.5. The topological polar surface area (TPSA) is 26.3 Å². The van der Waals surface area contributed by atoms with Crippen LogP contribution in [0.2, 0.25) is 13.1 Å². The lowest BCUT2D eigenvalue weighted by Crippen LogP contribution is -2.18. The minimum Gasteiger partial charge on any atom is -0.471 e. The highest BCUT2D eigenvalue weighted by molar-refractivity contribution is 6.86. The van der Waals surface area contributed by atoms with Crippen molar-refractivity contribution in [1.82, 2.24) is 0 Å². The van der Waals surface area contributed by atoms with E-state index in [0.717, 1.165) is 0 Å². The standard InChI is InChI=1S/C5H12O2Si/c1-4-7-5(6)8(2)3/h8H,4H2,1-3H3. The Morgan fingerprint density at radius 2 is 2.12 bits per heavy atom. The van der Waals surface area contributed by atoms with E-state index in [1.54, 1.807) is 0 Å². The van der Waals surface area contributed by atoms with Gasteiger partial charge in [0.15, 0.2) is 8.80 Å². The molecule has 8 heavy (non-hydrogen) atoms. The van der Waals surface area contributed by atoms with Crippen LogP contribution in [-0.4, -0.2) is 21.0 Å². The van der Waals surface area contributed by atoms with Crippen molar-refractivity contribution in [3.63, 3.8) is 0 Å². The summed E-state index contributed by atoms with van der Waals surface area (Å²) in [4.78, 5) is 10.6. The van der Waals surface area contributed by atoms with Gasteiger partial charge < -0.3 is 4.74 Å². The molecule has 0 aromatic carbocycles. The largest absolute Gasteiger partial charge is 0.471 e. The first kappa shape index (κ1) is 7.69. The summed E-state index contributed by atoms with van der Waals surface area (Å²) in [6.45, 7) is 6.26. The summed E-state index contributed by atoms with van der Waals surface area (Å²) in [6, 6.07) is 0. The Labute approximate surface area is 51.5 Å². The Kier molecular flexibility index (Phi) is 3.52. The van der Waals surface area contributed by atoms with Crippen molar-refractivity contribution in [2.24, 2.45) is 0 Å². The number of hydrogen-bond acceptors (Lipinski definition) is 2. The van der Waals surface area contributed by atoms with Crippen LogP contribution in [0.3, 0.4) is 0 Å². The quantitative estimate of drug-likeness (QED) is 0.528. The zero-order valence-corrected chi connectivity index (χ0v) is 6.76. The Morgan fingerprint density at radius 3 is 2.25 bits per heavy atom. The van der Waals surface area contributed by atoms with Crippen LogP contribution < -0.4 is 0 Å². The molecule has 0 aliphatic heterocycles. The van der Waals surface area contributed by atoms with Crippen LogP contribution in [-0.2, 0) is 4.74 Å². The zero-order chi connectivity index (χ0) is 6.57. The molecule has 0 aromatic heterocycles. The van der Waals surface area contributed by atoms with E-state index < -0.39 is 8.80 Å². The minimum absolute atomic E-state index is 0.0208. The van der Waals surface area contributed by atoms with Gasteiger partial charge in [0.25, 0.3) is 5.59 Å². The second-order valence-electron chi connectivity index (χ2n) is 1.91. The van der Waals surface area contributed by atoms with Gasteiger partial charge in [-0.05, 0) is 6.92 Å². The average molecular weight is 132 g/mol. The molecule has 0 aromatic rings. The average Bonchev–Trinajstić information content (AvgIpc) is 1.67. The lowest BCUT2D eigenvalue weighted by atomic mass is 10.9. The summed E-state index contributed by atoms with van der Waals surface area (Å²) >= 11 is 0. The molecule has 3 heteroatoms. The molecule has 0 atom stereocenters. The van der Waals surface area contributed by atoms with E-state index in [4.69, 9.17) is 4.74 Å². The van der Waals surface area contributed by atoms with Gasteiger partial charge in [-0.1, -0.05) is 13.1 Å². The summed E-state index contributed by atoms with van der Waals surface area (Å²) < 4.78 is 4.73. The maximum atomic E-state index is 10.6. The highest BCUT2D eigenvalue weighted by Crippen LogP contribution is 1.86. The Balaban J connectivity index is 3.33. The Hall–Kier alpha value is -0.313. The van der Waals surface area contributed by atoms with Gasteiger partial charge in [-0.25, -0.2) is 0 Å². The number of hydrogen-bond donors (Lipinski definition) is 0. The van der Waals surface area contributed by atoms with Crippen molar-refractivity contribution in [2.45, 2.75) is 20.0 Å². The molecule has 0 aliphatic carbocycles. The minimum atomic E-state index is -1.14. The summed E-state index contributed by atoms with van der Waals surface area (Å²) in [6.07, 6.45) is 0. The highest BCUT2D eigenvalue weighted by Gasteiger charge is 2.07. The molecule has 0 amide bonds. The second-order valence-corrected chi connectivity index (χ2v) is 4.69. The molecule has 0 saturated heterocycles. The fourth-order valence-electron chi connectivity index (χ4n) is 0.309. The molecule has 0 heterocycles. The van der Waals surface area contributed by atoms with E-state index in [2.05, 4.69) is 0 Å². The van der Waals surface area contributed by atoms with E-state index in [1.165, 1.54) is 0 Å². The van der Waals surface area contributed by atoms with Crippen molar-refractivity contribution in [2.75, 3.05) is 6.61 Å². The van der Waals surface area contributed by atoms with Crippen molar-refractivity contribution in [3.05, 3.63) is 0 Å². The first-order chi connectivity index (χ1) is 3.68. The second kappa shape index (κ2) is 3.66. The van der Waals surface area contributed by atoms with Crippen LogP contribution in [0.25, 0.3) is 0 Å². The van der Waals surface area contributed by atoms with E-state index in [1.807, 2.05) is 20.0 Å². The molecule has 0 bridgehead atoms. The summed E-state index contributed by atoms with van der Waals surface area (Å²) in [5.74, 6) is 0. The summed E-state index contributed by atoms with van der Waals surface area (Å²) in [7, 11) is -1.14. The summed E-state index contributed by atoms with van der Waals surface area (Å²) in [5.41, 5.74) is 0.0208. The van der Waals surface area contributed by atoms with E-state index >= 15 is 0 Å². The van der Waals surface area contributed by atoms with E-state index in [0.29, 0.717) is 6.61 Å². The SMILES string of the molecule is CCOC(=O)[SiH](C)C. The lowest BCUT2D eigenvalue weighted by molar-refractivity contribution is 0.178. The highest BCUT2D eigenvalue weighted by atomic mass is 28.3. The third-order valence-corrected chi connectivity index (χ3v) is 1.87. The molecule has 0 unspecified atom stereocenters. The van der Waals surface area contributed by atoms with Gasteiger partial charge in [-0.2, -0.15) is 0 Å². The molecule has 0 fully saturated rings. The van der Waals surface area contributed by atoms with Crippen molar-refractivity contribution < 1.29 is 9.53 Å². The first-order valence-corrected chi connectivity index (χ1v) is 5.73. The molecule has 0 aliphatic rings. The third-order valence-electron chi connectivity index (χ3n) is 0.758. The molecule has 2 nitrogen and oxygen atoms in total. The fourth-order valence-corrected chi connectivity index (χ4v) is 0.809. The van der Waals surface area contributed by atoms with Crippen LogP contribution >= 0.6 is 0 Å². The number of carbonyl (C=O) groups is 1. The zero-order valence-electron chi connectivity index (χ0n) is 5.60. The van der Waals surface area contributed by atoms with Gasteiger partial charge in [-0.3, -0.25) is 4.79 Å². The molecular weight excluding hydrogens is 120 g/mol. The predicted molar refractivity (Wildman–Crippen MR) is 35.9 cm³/mol. The number of carbonyl (C=O) groups excluding carboxylic acids is 1. The van der Waals surface area contributed by atoms with Gasteiger partial charge in [-0.15, -0.1) is 0 Å². The van der Waals surface area contributed by atoms with Crippen LogP contribution in [0.4, 0.5) is 4.79 Å². The maximum absolute atomic E-state index is 10.6. The fraction of sp³-hybridized carbons (Fsp3) is 0.800. The van der Waals surface area contributed by atoms with Gasteiger partial charge >= 0.3 is 0 Å². The monoisotopic (exact) mass is 132 g/mol. The van der Waals surface area contributed by atoms with E-state index in [9.17, 15) is 4.79 Å². The molecule has 0 spiro atoms. The predicted octanol–water partition coefficient (Wildman–Crippen LogP) is 1.21. The van der Waals surface area contributed by atoms with Gasteiger partial charge in [0, 0.05) is 0 Å². The van der Waals surface area contributed by atoms with Gasteiger partial charge in [0.1, 0.15) is 0 Å². The first-order valence-electron chi connectivity index (χ1n) is 2.85. The van der Waals surface area contributed by atoms with Crippen LogP contribution in [0.15, 0.2) is 0 Å². The normalized spacial score (nSPS) is 9.50. The van der Waals surface area contributed by atoms with E-state index in [-0.39, 0.29) is 5.59 Å². The molecule has 0 saturated carbocycles. The molecule has 0 N–H and O–H groups in total. The molecular formula is C5H12O2Si. The van der Waals surface area contributed by atoms with Crippen molar-refractivity contribution >= 4 is 14.4 Å².